The lowest BCUT2D eigenvalue weighted by Crippen LogP contribution is -2.09. The number of halogens is 2. The molecule has 2 aromatic heterocycles. The minimum Gasteiger partial charge on any atom is -0.362 e. The highest BCUT2D eigenvalue weighted by Crippen LogP contribution is 2.30. The average Bonchev–Trinajstić information content (AvgIpc) is 2.72. The third kappa shape index (κ3) is 2.94. The molecule has 0 bridgehead atoms. The van der Waals surface area contributed by atoms with Crippen molar-refractivity contribution in [3.05, 3.63) is 37.9 Å². The fourth-order valence-electron chi connectivity index (χ4n) is 1.57. The summed E-state index contributed by atoms with van der Waals surface area (Å²) in [6.07, 6.45) is 0. The molecule has 1 atom stereocenters. The number of thiophene rings is 1. The number of aryl methyl sites for hydroxylation is 1. The Balaban J connectivity index is 2.24. The van der Waals surface area contributed by atoms with Gasteiger partial charge in [-0.15, -0.1) is 11.3 Å². The summed E-state index contributed by atoms with van der Waals surface area (Å²) >= 11 is 13.5. The quantitative estimate of drug-likeness (QED) is 0.840. The summed E-state index contributed by atoms with van der Waals surface area (Å²) in [5, 5.41) is 3.83. The molecule has 0 spiro atoms. The van der Waals surface area contributed by atoms with E-state index in [-0.39, 0.29) is 6.04 Å². The zero-order chi connectivity index (χ0) is 13.3. The second-order valence-electron chi connectivity index (χ2n) is 4.04. The molecule has 1 N–H and O–H groups in total. The summed E-state index contributed by atoms with van der Waals surface area (Å²) in [5.74, 6) is 1.43. The normalized spacial score (nSPS) is 12.5. The number of hydrogen-bond acceptors (Lipinski definition) is 4. The van der Waals surface area contributed by atoms with Crippen LogP contribution >= 0.6 is 34.5 Å². The first-order valence-corrected chi connectivity index (χ1v) is 7.07. The van der Waals surface area contributed by atoms with Crippen LogP contribution in [0.15, 0.2) is 12.1 Å². The van der Waals surface area contributed by atoms with E-state index in [1.807, 2.05) is 26.0 Å². The van der Waals surface area contributed by atoms with Crippen molar-refractivity contribution in [1.82, 2.24) is 9.97 Å². The molecule has 18 heavy (non-hydrogen) atoms. The molecule has 6 heteroatoms. The SMILES string of the molecule is Cc1nc(Cl)c(C)c(NC(C)c2ccc(Cl)s2)n1. The Morgan fingerprint density at radius 2 is 1.94 bits per heavy atom. The van der Waals surface area contributed by atoms with Gasteiger partial charge in [0, 0.05) is 10.4 Å². The number of aromatic nitrogens is 2. The summed E-state index contributed by atoms with van der Waals surface area (Å²) < 4.78 is 0.785. The Bertz CT molecular complexity index is 568. The minimum atomic E-state index is 0.131. The predicted octanol–water partition coefficient (Wildman–Crippen LogP) is 4.63. The molecule has 2 heterocycles. The van der Waals surface area contributed by atoms with Crippen molar-refractivity contribution in [2.75, 3.05) is 5.32 Å². The molecule has 0 aliphatic carbocycles. The lowest BCUT2D eigenvalue weighted by atomic mass is 10.2. The fraction of sp³-hybridized carbons (Fsp3) is 0.333. The van der Waals surface area contributed by atoms with Gasteiger partial charge < -0.3 is 5.32 Å². The van der Waals surface area contributed by atoms with Crippen molar-refractivity contribution in [2.24, 2.45) is 0 Å². The van der Waals surface area contributed by atoms with E-state index in [4.69, 9.17) is 23.2 Å². The van der Waals surface area contributed by atoms with Crippen LogP contribution in [0.5, 0.6) is 0 Å². The van der Waals surface area contributed by atoms with E-state index in [1.165, 1.54) is 0 Å². The van der Waals surface area contributed by atoms with E-state index >= 15 is 0 Å². The van der Waals surface area contributed by atoms with Gasteiger partial charge in [0.2, 0.25) is 0 Å². The Morgan fingerprint density at radius 1 is 1.22 bits per heavy atom. The molecule has 0 fully saturated rings. The van der Waals surface area contributed by atoms with Crippen molar-refractivity contribution < 1.29 is 0 Å². The highest BCUT2D eigenvalue weighted by atomic mass is 35.5. The van der Waals surface area contributed by atoms with Crippen LogP contribution in [-0.2, 0) is 0 Å². The van der Waals surface area contributed by atoms with Gasteiger partial charge in [0.1, 0.15) is 16.8 Å². The van der Waals surface area contributed by atoms with E-state index in [0.717, 1.165) is 20.6 Å². The van der Waals surface area contributed by atoms with Gasteiger partial charge in [0.05, 0.1) is 10.4 Å². The first-order valence-electron chi connectivity index (χ1n) is 5.50. The molecule has 0 aromatic carbocycles. The first-order chi connectivity index (χ1) is 8.47. The second-order valence-corrected chi connectivity index (χ2v) is 6.15. The Hall–Kier alpha value is -0.840. The zero-order valence-electron chi connectivity index (χ0n) is 10.3. The maximum atomic E-state index is 6.04. The second kappa shape index (κ2) is 5.43. The van der Waals surface area contributed by atoms with Crippen LogP contribution < -0.4 is 5.32 Å². The van der Waals surface area contributed by atoms with Crippen LogP contribution in [0.2, 0.25) is 9.49 Å². The van der Waals surface area contributed by atoms with E-state index < -0.39 is 0 Å². The van der Waals surface area contributed by atoms with Gasteiger partial charge in [-0.2, -0.15) is 0 Å². The molecule has 0 radical (unpaired) electrons. The molecular weight excluding hydrogens is 289 g/mol. The average molecular weight is 302 g/mol. The Morgan fingerprint density at radius 3 is 2.56 bits per heavy atom. The molecule has 3 nitrogen and oxygen atoms in total. The molecule has 0 saturated heterocycles. The Kier molecular flexibility index (Phi) is 4.10. The molecule has 2 rings (SSSR count). The van der Waals surface area contributed by atoms with Crippen LogP contribution in [0.1, 0.15) is 29.2 Å². The maximum absolute atomic E-state index is 6.04. The van der Waals surface area contributed by atoms with Crippen molar-refractivity contribution in [2.45, 2.75) is 26.8 Å². The largest absolute Gasteiger partial charge is 0.362 e. The molecular formula is C12H13Cl2N3S. The molecule has 2 aromatic rings. The van der Waals surface area contributed by atoms with Crippen molar-refractivity contribution in [3.8, 4) is 0 Å². The van der Waals surface area contributed by atoms with Crippen molar-refractivity contribution in [3.63, 3.8) is 0 Å². The molecule has 0 aliphatic rings. The van der Waals surface area contributed by atoms with E-state index in [2.05, 4.69) is 22.2 Å². The summed E-state index contributed by atoms with van der Waals surface area (Å²) in [7, 11) is 0. The number of nitrogens with zero attached hydrogens (tertiary/aromatic N) is 2. The standard InChI is InChI=1S/C12H13Cl2N3S/c1-6-11(14)16-8(3)17-12(6)15-7(2)9-4-5-10(13)18-9/h4-5,7H,1-3H3,(H,15,16,17). The third-order valence-corrected chi connectivity index (χ3v) is 4.35. The lowest BCUT2D eigenvalue weighted by Gasteiger charge is -2.15. The summed E-state index contributed by atoms with van der Waals surface area (Å²) in [4.78, 5) is 9.64. The number of rotatable bonds is 3. The van der Waals surface area contributed by atoms with Gasteiger partial charge >= 0.3 is 0 Å². The number of hydrogen-bond donors (Lipinski definition) is 1. The number of anilines is 1. The zero-order valence-corrected chi connectivity index (χ0v) is 12.6. The highest BCUT2D eigenvalue weighted by Gasteiger charge is 2.12. The van der Waals surface area contributed by atoms with Gasteiger partial charge in [0.25, 0.3) is 0 Å². The van der Waals surface area contributed by atoms with Gasteiger partial charge in [-0.25, -0.2) is 9.97 Å². The first kappa shape index (κ1) is 13.6. The monoisotopic (exact) mass is 301 g/mol. The van der Waals surface area contributed by atoms with Crippen molar-refractivity contribution >= 4 is 40.4 Å². The molecule has 96 valence electrons. The van der Waals surface area contributed by atoms with E-state index in [9.17, 15) is 0 Å². The van der Waals surface area contributed by atoms with Gasteiger partial charge in [0.15, 0.2) is 0 Å². The highest BCUT2D eigenvalue weighted by molar-refractivity contribution is 7.16. The molecule has 0 amide bonds. The third-order valence-electron chi connectivity index (χ3n) is 2.57. The topological polar surface area (TPSA) is 37.8 Å². The number of nitrogens with one attached hydrogen (secondary N) is 1. The Labute approximate surface area is 120 Å². The van der Waals surface area contributed by atoms with Gasteiger partial charge in [-0.1, -0.05) is 23.2 Å². The smallest absolute Gasteiger partial charge is 0.137 e. The van der Waals surface area contributed by atoms with Crippen LogP contribution in [-0.4, -0.2) is 9.97 Å². The fourth-order valence-corrected chi connectivity index (χ4v) is 2.85. The van der Waals surface area contributed by atoms with Gasteiger partial charge in [-0.05, 0) is 32.9 Å². The van der Waals surface area contributed by atoms with Crippen LogP contribution in [0.4, 0.5) is 5.82 Å². The van der Waals surface area contributed by atoms with Crippen LogP contribution in [0, 0.1) is 13.8 Å². The lowest BCUT2D eigenvalue weighted by molar-refractivity contribution is 0.881. The van der Waals surface area contributed by atoms with E-state index in [0.29, 0.717) is 11.0 Å². The minimum absolute atomic E-state index is 0.131. The summed E-state index contributed by atoms with van der Waals surface area (Å²) in [5.41, 5.74) is 0.858. The van der Waals surface area contributed by atoms with E-state index in [1.54, 1.807) is 11.3 Å². The predicted molar refractivity (Wildman–Crippen MR) is 77.9 cm³/mol. The van der Waals surface area contributed by atoms with Crippen molar-refractivity contribution in [1.29, 1.82) is 0 Å². The molecule has 0 aliphatic heterocycles. The molecule has 0 saturated carbocycles. The summed E-state index contributed by atoms with van der Waals surface area (Å²) in [6, 6.07) is 4.03. The summed E-state index contributed by atoms with van der Waals surface area (Å²) in [6.45, 7) is 5.79. The van der Waals surface area contributed by atoms with Crippen LogP contribution in [0.25, 0.3) is 0 Å². The molecule has 1 unspecified atom stereocenters. The maximum Gasteiger partial charge on any atom is 0.137 e. The van der Waals surface area contributed by atoms with Gasteiger partial charge in [-0.3, -0.25) is 0 Å². The van der Waals surface area contributed by atoms with Crippen LogP contribution in [0.3, 0.4) is 0 Å².